The van der Waals surface area contributed by atoms with E-state index in [1.165, 1.54) is 6.08 Å². The van der Waals surface area contributed by atoms with Gasteiger partial charge in [-0.15, -0.1) is 0 Å². The molecule has 2 aromatic carbocycles. The number of nitrogens with zero attached hydrogens (tertiary/aromatic N) is 3. The Labute approximate surface area is 166 Å². The molecule has 1 N–H and O–H groups in total. The number of nitrogens with one attached hydrogen (secondary N) is 1. The number of amides is 4. The van der Waals surface area contributed by atoms with Crippen LogP contribution in [0.25, 0.3) is 17.0 Å². The van der Waals surface area contributed by atoms with E-state index in [4.69, 9.17) is 5.26 Å². The molecule has 1 aliphatic heterocycles. The molecule has 4 amide bonds. The minimum atomic E-state index is -0.783. The molecule has 0 saturated carbocycles. The highest BCUT2D eigenvalue weighted by atomic mass is 16.2. The first-order chi connectivity index (χ1) is 14.0. The van der Waals surface area contributed by atoms with Crippen LogP contribution < -0.4 is 10.2 Å². The number of barbiturate groups is 1. The first-order valence-corrected chi connectivity index (χ1v) is 8.92. The molecule has 142 valence electrons. The van der Waals surface area contributed by atoms with E-state index >= 15 is 0 Å². The lowest BCUT2D eigenvalue weighted by Gasteiger charge is -2.26. The summed E-state index contributed by atoms with van der Waals surface area (Å²) in [6.07, 6.45) is 3.18. The number of rotatable bonds is 3. The van der Waals surface area contributed by atoms with Gasteiger partial charge in [0.1, 0.15) is 12.1 Å². The summed E-state index contributed by atoms with van der Waals surface area (Å²) in [6.45, 7) is 1.99. The van der Waals surface area contributed by atoms with Gasteiger partial charge < -0.3 is 4.57 Å². The van der Waals surface area contributed by atoms with E-state index in [9.17, 15) is 14.4 Å². The van der Waals surface area contributed by atoms with Crippen LogP contribution in [-0.2, 0) is 16.1 Å². The molecule has 1 fully saturated rings. The van der Waals surface area contributed by atoms with Gasteiger partial charge in [0.05, 0.1) is 11.8 Å². The number of hydrogen-bond donors (Lipinski definition) is 1. The van der Waals surface area contributed by atoms with E-state index in [1.54, 1.807) is 29.0 Å². The summed E-state index contributed by atoms with van der Waals surface area (Å²) in [4.78, 5) is 38.8. The number of hydrogen-bond acceptors (Lipinski definition) is 4. The molecular formula is C22H16N4O3. The maximum atomic E-state index is 13.0. The Balaban J connectivity index is 1.82. The summed E-state index contributed by atoms with van der Waals surface area (Å²) in [7, 11) is 0. The number of carbonyl (C=O) groups excluding carboxylic acids is 3. The SMILES string of the molecule is Cc1cccc(N2C(=O)NC(=O)/C(=C\c3cn(CC#N)c4ccccc34)C2=O)c1. The van der Waals surface area contributed by atoms with E-state index in [-0.39, 0.29) is 12.1 Å². The second-order valence-corrected chi connectivity index (χ2v) is 6.68. The summed E-state index contributed by atoms with van der Waals surface area (Å²) in [5.74, 6) is -1.44. The molecular weight excluding hydrogens is 368 g/mol. The average Bonchev–Trinajstić information content (AvgIpc) is 3.03. The van der Waals surface area contributed by atoms with Crippen molar-refractivity contribution >= 4 is 40.5 Å². The predicted molar refractivity (Wildman–Crippen MR) is 108 cm³/mol. The van der Waals surface area contributed by atoms with Crippen LogP contribution in [0, 0.1) is 18.3 Å². The molecule has 0 atom stereocenters. The number of anilines is 1. The fraction of sp³-hybridized carbons (Fsp3) is 0.0909. The molecule has 0 spiro atoms. The second-order valence-electron chi connectivity index (χ2n) is 6.68. The molecule has 0 radical (unpaired) electrons. The van der Waals surface area contributed by atoms with Crippen molar-refractivity contribution in [1.29, 1.82) is 5.26 Å². The van der Waals surface area contributed by atoms with Crippen LogP contribution >= 0.6 is 0 Å². The molecule has 0 bridgehead atoms. The van der Waals surface area contributed by atoms with Crippen LogP contribution in [0.4, 0.5) is 10.5 Å². The number of carbonyl (C=O) groups is 3. The first kappa shape index (κ1) is 18.2. The molecule has 0 unspecified atom stereocenters. The van der Waals surface area contributed by atoms with Gasteiger partial charge in [0.2, 0.25) is 0 Å². The number of aromatic nitrogens is 1. The molecule has 1 aliphatic rings. The Hall–Kier alpha value is -4.18. The Morgan fingerprint density at radius 3 is 2.66 bits per heavy atom. The fourth-order valence-corrected chi connectivity index (χ4v) is 3.41. The van der Waals surface area contributed by atoms with E-state index in [2.05, 4.69) is 11.4 Å². The van der Waals surface area contributed by atoms with Crippen LogP contribution in [0.1, 0.15) is 11.1 Å². The van der Waals surface area contributed by atoms with Crippen LogP contribution in [0.5, 0.6) is 0 Å². The molecule has 2 heterocycles. The Morgan fingerprint density at radius 1 is 1.10 bits per heavy atom. The largest absolute Gasteiger partial charge is 0.335 e. The monoisotopic (exact) mass is 384 g/mol. The Kier molecular flexibility index (Phi) is 4.45. The number of nitriles is 1. The van der Waals surface area contributed by atoms with Gasteiger partial charge in [-0.25, -0.2) is 9.69 Å². The molecule has 3 aromatic rings. The van der Waals surface area contributed by atoms with Gasteiger partial charge in [-0.1, -0.05) is 30.3 Å². The van der Waals surface area contributed by atoms with Crippen LogP contribution in [0.3, 0.4) is 0 Å². The highest BCUT2D eigenvalue weighted by Crippen LogP contribution is 2.26. The minimum Gasteiger partial charge on any atom is -0.333 e. The molecule has 7 nitrogen and oxygen atoms in total. The third-order valence-corrected chi connectivity index (χ3v) is 4.72. The first-order valence-electron chi connectivity index (χ1n) is 8.92. The Morgan fingerprint density at radius 2 is 1.90 bits per heavy atom. The van der Waals surface area contributed by atoms with Gasteiger partial charge in [0.15, 0.2) is 0 Å². The molecule has 7 heteroatoms. The van der Waals surface area contributed by atoms with Crippen molar-refractivity contribution in [2.75, 3.05) is 4.90 Å². The molecule has 29 heavy (non-hydrogen) atoms. The number of urea groups is 1. The standard InChI is InChI=1S/C22H16N4O3/c1-14-5-4-6-16(11-14)26-21(28)18(20(27)24-22(26)29)12-15-13-25(10-9-23)19-8-3-2-7-17(15)19/h2-8,11-13H,10H2,1H3,(H,24,27,29)/b18-12+. The van der Waals surface area contributed by atoms with E-state index in [0.29, 0.717) is 11.3 Å². The molecule has 0 aliphatic carbocycles. The lowest BCUT2D eigenvalue weighted by Crippen LogP contribution is -2.54. The Bertz CT molecular complexity index is 1250. The topological polar surface area (TPSA) is 95.2 Å². The summed E-state index contributed by atoms with van der Waals surface area (Å²) >= 11 is 0. The molecule has 4 rings (SSSR count). The van der Waals surface area contributed by atoms with Crippen molar-refractivity contribution in [2.24, 2.45) is 0 Å². The maximum Gasteiger partial charge on any atom is 0.335 e. The van der Waals surface area contributed by atoms with Gasteiger partial charge >= 0.3 is 6.03 Å². The van der Waals surface area contributed by atoms with Crippen molar-refractivity contribution in [3.63, 3.8) is 0 Å². The van der Waals surface area contributed by atoms with Crippen molar-refractivity contribution in [3.8, 4) is 6.07 Å². The van der Waals surface area contributed by atoms with Crippen LogP contribution in [-0.4, -0.2) is 22.4 Å². The number of imide groups is 2. The van der Waals surface area contributed by atoms with E-state index < -0.39 is 17.8 Å². The van der Waals surface area contributed by atoms with Gasteiger partial charge in [-0.2, -0.15) is 5.26 Å². The number of benzene rings is 2. The zero-order chi connectivity index (χ0) is 20.5. The molecule has 1 saturated heterocycles. The second kappa shape index (κ2) is 7.09. The molecule has 1 aromatic heterocycles. The minimum absolute atomic E-state index is 0.137. The predicted octanol–water partition coefficient (Wildman–Crippen LogP) is 3.14. The highest BCUT2D eigenvalue weighted by Gasteiger charge is 2.37. The van der Waals surface area contributed by atoms with E-state index in [1.807, 2.05) is 37.3 Å². The lowest BCUT2D eigenvalue weighted by molar-refractivity contribution is -0.122. The quantitative estimate of drug-likeness (QED) is 0.554. The van der Waals surface area contributed by atoms with Crippen molar-refractivity contribution in [3.05, 3.63) is 71.4 Å². The summed E-state index contributed by atoms with van der Waals surface area (Å²) in [5, 5.41) is 12.1. The average molecular weight is 384 g/mol. The third kappa shape index (κ3) is 3.17. The van der Waals surface area contributed by atoms with Crippen LogP contribution in [0.15, 0.2) is 60.3 Å². The highest BCUT2D eigenvalue weighted by molar-refractivity contribution is 6.39. The van der Waals surface area contributed by atoms with Crippen LogP contribution in [0.2, 0.25) is 0 Å². The number of fused-ring (bicyclic) bond motifs is 1. The number of aryl methyl sites for hydroxylation is 1. The van der Waals surface area contributed by atoms with E-state index in [0.717, 1.165) is 21.4 Å². The lowest BCUT2D eigenvalue weighted by atomic mass is 10.1. The summed E-state index contributed by atoms with van der Waals surface area (Å²) in [5.41, 5.74) is 2.55. The normalized spacial score (nSPS) is 15.7. The zero-order valence-corrected chi connectivity index (χ0v) is 15.5. The third-order valence-electron chi connectivity index (χ3n) is 4.72. The number of para-hydroxylation sites is 1. The van der Waals surface area contributed by atoms with Gasteiger partial charge in [0, 0.05) is 22.7 Å². The van der Waals surface area contributed by atoms with Crippen molar-refractivity contribution in [2.45, 2.75) is 13.5 Å². The van der Waals surface area contributed by atoms with Gasteiger partial charge in [-0.3, -0.25) is 14.9 Å². The fourth-order valence-electron chi connectivity index (χ4n) is 3.41. The zero-order valence-electron chi connectivity index (χ0n) is 15.5. The maximum absolute atomic E-state index is 13.0. The summed E-state index contributed by atoms with van der Waals surface area (Å²) < 4.78 is 1.75. The van der Waals surface area contributed by atoms with Crippen molar-refractivity contribution in [1.82, 2.24) is 9.88 Å². The van der Waals surface area contributed by atoms with Crippen molar-refractivity contribution < 1.29 is 14.4 Å². The van der Waals surface area contributed by atoms with Gasteiger partial charge in [0.25, 0.3) is 11.8 Å². The van der Waals surface area contributed by atoms with Gasteiger partial charge in [-0.05, 0) is 36.8 Å². The smallest absolute Gasteiger partial charge is 0.333 e. The summed E-state index contributed by atoms with van der Waals surface area (Å²) in [6, 6.07) is 15.6.